The van der Waals surface area contributed by atoms with E-state index < -0.39 is 0 Å². The van der Waals surface area contributed by atoms with E-state index in [0.717, 1.165) is 37.7 Å². The number of benzene rings is 1. The van der Waals surface area contributed by atoms with Crippen molar-refractivity contribution in [1.29, 1.82) is 0 Å². The molecule has 0 amide bonds. The van der Waals surface area contributed by atoms with Gasteiger partial charge in [0.2, 0.25) is 0 Å². The molecule has 1 fully saturated rings. The maximum Gasteiger partial charge on any atom is 0.119 e. The lowest BCUT2D eigenvalue weighted by Crippen LogP contribution is -2.29. The Bertz CT molecular complexity index is 408. The van der Waals surface area contributed by atoms with E-state index in [9.17, 15) is 0 Å². The van der Waals surface area contributed by atoms with Crippen LogP contribution in [0.4, 0.5) is 0 Å². The molecule has 0 unspecified atom stereocenters. The third-order valence-electron chi connectivity index (χ3n) is 4.95. The van der Waals surface area contributed by atoms with Crippen LogP contribution in [-0.2, 0) is 6.42 Å². The molecule has 1 aliphatic carbocycles. The average molecular weight is 275 g/mol. The molecule has 2 rings (SSSR count). The SMILES string of the molecule is CCC(CC)(COc1cccc(CCCN)c1)C1CC1. The van der Waals surface area contributed by atoms with Crippen molar-refractivity contribution in [3.05, 3.63) is 29.8 Å². The van der Waals surface area contributed by atoms with E-state index in [1.165, 1.54) is 31.2 Å². The highest BCUT2D eigenvalue weighted by Crippen LogP contribution is 2.50. The molecule has 0 aromatic heterocycles. The van der Waals surface area contributed by atoms with Crippen LogP contribution in [0, 0.1) is 11.3 Å². The molecule has 0 aliphatic heterocycles. The molecule has 1 aromatic rings. The number of ether oxygens (including phenoxy) is 1. The lowest BCUT2D eigenvalue weighted by atomic mass is 9.78. The van der Waals surface area contributed by atoms with E-state index in [1.54, 1.807) is 0 Å². The first kappa shape index (κ1) is 15.4. The monoisotopic (exact) mass is 275 g/mol. The molecule has 0 saturated heterocycles. The summed E-state index contributed by atoms with van der Waals surface area (Å²) in [5.74, 6) is 1.91. The summed E-state index contributed by atoms with van der Waals surface area (Å²) < 4.78 is 6.14. The summed E-state index contributed by atoms with van der Waals surface area (Å²) in [6, 6.07) is 8.52. The molecule has 1 saturated carbocycles. The van der Waals surface area contributed by atoms with Gasteiger partial charge < -0.3 is 10.5 Å². The van der Waals surface area contributed by atoms with Crippen LogP contribution in [0.3, 0.4) is 0 Å². The van der Waals surface area contributed by atoms with Gasteiger partial charge in [-0.3, -0.25) is 0 Å². The van der Waals surface area contributed by atoms with E-state index in [4.69, 9.17) is 10.5 Å². The number of aryl methyl sites for hydroxylation is 1. The van der Waals surface area contributed by atoms with Crippen molar-refractivity contribution in [1.82, 2.24) is 0 Å². The second-order valence-electron chi connectivity index (χ2n) is 6.17. The number of hydrogen-bond donors (Lipinski definition) is 1. The summed E-state index contributed by atoms with van der Waals surface area (Å²) in [6.45, 7) is 6.23. The smallest absolute Gasteiger partial charge is 0.119 e. The lowest BCUT2D eigenvalue weighted by molar-refractivity contribution is 0.108. The van der Waals surface area contributed by atoms with Crippen molar-refractivity contribution < 1.29 is 4.74 Å². The van der Waals surface area contributed by atoms with Gasteiger partial charge in [-0.15, -0.1) is 0 Å². The summed E-state index contributed by atoms with van der Waals surface area (Å²) in [4.78, 5) is 0. The van der Waals surface area contributed by atoms with E-state index in [2.05, 4.69) is 38.1 Å². The zero-order valence-corrected chi connectivity index (χ0v) is 13.0. The highest BCUT2D eigenvalue weighted by molar-refractivity contribution is 5.28. The topological polar surface area (TPSA) is 35.2 Å². The standard InChI is InChI=1S/C18H29NO/c1-3-18(4-2,16-10-11-16)14-20-17-9-5-7-15(13-17)8-6-12-19/h5,7,9,13,16H,3-4,6,8,10-12,14,19H2,1-2H3. The quantitative estimate of drug-likeness (QED) is 0.734. The number of hydrogen-bond acceptors (Lipinski definition) is 2. The van der Waals surface area contributed by atoms with Crippen LogP contribution in [-0.4, -0.2) is 13.2 Å². The van der Waals surface area contributed by atoms with Crippen LogP contribution in [0.5, 0.6) is 5.75 Å². The highest BCUT2D eigenvalue weighted by Gasteiger charge is 2.43. The van der Waals surface area contributed by atoms with Gasteiger partial charge in [0.05, 0.1) is 6.61 Å². The first-order valence-electron chi connectivity index (χ1n) is 8.16. The molecule has 2 heteroatoms. The van der Waals surface area contributed by atoms with Crippen LogP contribution >= 0.6 is 0 Å². The Morgan fingerprint density at radius 3 is 2.60 bits per heavy atom. The predicted molar refractivity (Wildman–Crippen MR) is 85.1 cm³/mol. The molecule has 1 aliphatic rings. The lowest BCUT2D eigenvalue weighted by Gasteiger charge is -2.31. The highest BCUT2D eigenvalue weighted by atomic mass is 16.5. The number of nitrogens with two attached hydrogens (primary N) is 1. The molecular formula is C18H29NO. The van der Waals surface area contributed by atoms with Crippen LogP contribution < -0.4 is 10.5 Å². The molecule has 1 aromatic carbocycles. The second kappa shape index (κ2) is 7.12. The van der Waals surface area contributed by atoms with Crippen LogP contribution in [0.2, 0.25) is 0 Å². The first-order valence-corrected chi connectivity index (χ1v) is 8.16. The van der Waals surface area contributed by atoms with Crippen molar-refractivity contribution in [3.63, 3.8) is 0 Å². The minimum atomic E-state index is 0.396. The fourth-order valence-electron chi connectivity index (χ4n) is 3.17. The van der Waals surface area contributed by atoms with Gasteiger partial charge in [-0.25, -0.2) is 0 Å². The molecule has 112 valence electrons. The van der Waals surface area contributed by atoms with Gasteiger partial charge in [0.25, 0.3) is 0 Å². The normalized spacial score (nSPS) is 15.3. The fourth-order valence-corrected chi connectivity index (χ4v) is 3.17. The summed E-state index contributed by atoms with van der Waals surface area (Å²) in [5.41, 5.74) is 7.30. The van der Waals surface area contributed by atoms with Crippen molar-refractivity contribution >= 4 is 0 Å². The Hall–Kier alpha value is -1.02. The minimum Gasteiger partial charge on any atom is -0.493 e. The summed E-state index contributed by atoms with van der Waals surface area (Å²) >= 11 is 0. The van der Waals surface area contributed by atoms with Crippen molar-refractivity contribution in [3.8, 4) is 5.75 Å². The number of rotatable bonds is 9. The first-order chi connectivity index (χ1) is 9.74. The molecule has 0 radical (unpaired) electrons. The second-order valence-corrected chi connectivity index (χ2v) is 6.17. The third-order valence-corrected chi connectivity index (χ3v) is 4.95. The molecule has 0 bridgehead atoms. The Balaban J connectivity index is 1.95. The van der Waals surface area contributed by atoms with Crippen LogP contribution in [0.25, 0.3) is 0 Å². The van der Waals surface area contributed by atoms with E-state index in [-0.39, 0.29) is 0 Å². The predicted octanol–water partition coefficient (Wildman–Crippen LogP) is 4.17. The maximum absolute atomic E-state index is 6.14. The van der Waals surface area contributed by atoms with Gasteiger partial charge in [0.15, 0.2) is 0 Å². The van der Waals surface area contributed by atoms with Gasteiger partial charge in [-0.2, -0.15) is 0 Å². The molecular weight excluding hydrogens is 246 g/mol. The Labute approximate surface area is 123 Å². The molecule has 20 heavy (non-hydrogen) atoms. The summed E-state index contributed by atoms with van der Waals surface area (Å²) in [7, 11) is 0. The zero-order chi connectivity index (χ0) is 14.4. The molecule has 0 spiro atoms. The van der Waals surface area contributed by atoms with Gasteiger partial charge in [-0.1, -0.05) is 26.0 Å². The van der Waals surface area contributed by atoms with Gasteiger partial charge in [-0.05, 0) is 68.7 Å². The largest absolute Gasteiger partial charge is 0.493 e. The zero-order valence-electron chi connectivity index (χ0n) is 13.0. The van der Waals surface area contributed by atoms with E-state index >= 15 is 0 Å². The third kappa shape index (κ3) is 3.76. The molecule has 2 N–H and O–H groups in total. The minimum absolute atomic E-state index is 0.396. The van der Waals surface area contributed by atoms with E-state index in [0.29, 0.717) is 5.41 Å². The fraction of sp³-hybridized carbons (Fsp3) is 0.667. The molecule has 2 nitrogen and oxygen atoms in total. The van der Waals surface area contributed by atoms with Gasteiger partial charge >= 0.3 is 0 Å². The van der Waals surface area contributed by atoms with Crippen LogP contribution in [0.1, 0.15) is 51.5 Å². The van der Waals surface area contributed by atoms with Crippen molar-refractivity contribution in [2.75, 3.05) is 13.2 Å². The van der Waals surface area contributed by atoms with Crippen molar-refractivity contribution in [2.24, 2.45) is 17.1 Å². The summed E-state index contributed by atoms with van der Waals surface area (Å²) in [5, 5.41) is 0. The average Bonchev–Trinajstić information content (AvgIpc) is 3.32. The maximum atomic E-state index is 6.14. The van der Waals surface area contributed by atoms with E-state index in [1.807, 2.05) is 0 Å². The summed E-state index contributed by atoms with van der Waals surface area (Å²) in [6.07, 6.45) is 7.31. The van der Waals surface area contributed by atoms with Crippen molar-refractivity contribution in [2.45, 2.75) is 52.4 Å². The molecule has 0 heterocycles. The Morgan fingerprint density at radius 2 is 2.00 bits per heavy atom. The Morgan fingerprint density at radius 1 is 1.25 bits per heavy atom. The van der Waals surface area contributed by atoms with Crippen LogP contribution in [0.15, 0.2) is 24.3 Å². The van der Waals surface area contributed by atoms with Gasteiger partial charge in [0, 0.05) is 5.41 Å². The Kier molecular flexibility index (Phi) is 5.47. The van der Waals surface area contributed by atoms with Gasteiger partial charge in [0.1, 0.15) is 5.75 Å². The molecule has 0 atom stereocenters.